The van der Waals surface area contributed by atoms with Gasteiger partial charge in [0.1, 0.15) is 10.8 Å². The first-order chi connectivity index (χ1) is 10.1. The number of halogens is 2. The van der Waals surface area contributed by atoms with Gasteiger partial charge in [-0.25, -0.2) is 9.07 Å². The van der Waals surface area contributed by atoms with Crippen molar-refractivity contribution in [3.05, 3.63) is 57.2 Å². The highest BCUT2D eigenvalue weighted by atomic mass is 35.5. The predicted molar refractivity (Wildman–Crippen MR) is 79.2 cm³/mol. The third-order valence-corrected chi connectivity index (χ3v) is 3.30. The molecule has 0 atom stereocenters. The summed E-state index contributed by atoms with van der Waals surface area (Å²) in [5.74, 6) is -0.272. The molecule has 21 heavy (non-hydrogen) atoms. The first-order valence-corrected chi connectivity index (χ1v) is 6.84. The molecule has 0 aliphatic rings. The summed E-state index contributed by atoms with van der Waals surface area (Å²) < 4.78 is 13.9. The second kappa shape index (κ2) is 7.19. The van der Waals surface area contributed by atoms with Gasteiger partial charge in [0.05, 0.1) is 25.0 Å². The average molecular weight is 312 g/mol. The molecule has 0 aliphatic heterocycles. The van der Waals surface area contributed by atoms with Crippen molar-refractivity contribution in [1.29, 1.82) is 0 Å². The van der Waals surface area contributed by atoms with E-state index in [1.165, 1.54) is 18.3 Å². The number of nitrogens with one attached hydrogen (secondary N) is 1. The normalized spacial score (nSPS) is 10.6. The smallest absolute Gasteiger partial charge is 0.287 e. The largest absolute Gasteiger partial charge is 0.394 e. The maximum Gasteiger partial charge on any atom is 0.287 e. The Labute approximate surface area is 126 Å². The molecule has 0 amide bonds. The molecule has 1 aromatic carbocycles. The van der Waals surface area contributed by atoms with Crippen LogP contribution in [-0.2, 0) is 13.0 Å². The molecule has 1 aromatic heterocycles. The van der Waals surface area contributed by atoms with Crippen molar-refractivity contribution in [1.82, 2.24) is 9.78 Å². The number of hydrogen-bond acceptors (Lipinski definition) is 4. The van der Waals surface area contributed by atoms with Crippen LogP contribution in [0.4, 0.5) is 10.1 Å². The van der Waals surface area contributed by atoms with Gasteiger partial charge in [0.2, 0.25) is 0 Å². The van der Waals surface area contributed by atoms with E-state index in [1.807, 2.05) is 0 Å². The summed E-state index contributed by atoms with van der Waals surface area (Å²) in [6.45, 7) is 0.464. The Hall–Kier alpha value is -1.92. The molecule has 5 nitrogen and oxygen atoms in total. The van der Waals surface area contributed by atoms with E-state index < -0.39 is 5.56 Å². The zero-order valence-electron chi connectivity index (χ0n) is 11.2. The molecule has 0 unspecified atom stereocenters. The molecule has 112 valence electrons. The standard InChI is InChI=1S/C14H15ClFN3O2/c15-13-12(9-18-19(7-8-20)14(13)21)17-6-5-10-1-3-11(16)4-2-10/h1-4,9,17,20H,5-8H2. The molecule has 1 heterocycles. The molecule has 0 saturated carbocycles. The highest BCUT2D eigenvalue weighted by molar-refractivity contribution is 6.32. The summed E-state index contributed by atoms with van der Waals surface area (Å²) in [4.78, 5) is 11.8. The average Bonchev–Trinajstić information content (AvgIpc) is 2.48. The molecule has 0 saturated heterocycles. The van der Waals surface area contributed by atoms with E-state index in [0.29, 0.717) is 18.7 Å². The molecule has 7 heteroatoms. The fourth-order valence-corrected chi connectivity index (χ4v) is 2.05. The summed E-state index contributed by atoms with van der Waals surface area (Å²) in [5, 5.41) is 15.8. The lowest BCUT2D eigenvalue weighted by atomic mass is 10.1. The zero-order valence-corrected chi connectivity index (χ0v) is 12.0. The van der Waals surface area contributed by atoms with E-state index in [4.69, 9.17) is 16.7 Å². The Morgan fingerprint density at radius 2 is 2.05 bits per heavy atom. The van der Waals surface area contributed by atoms with E-state index in [-0.39, 0.29) is 24.0 Å². The quantitative estimate of drug-likeness (QED) is 0.852. The third kappa shape index (κ3) is 4.03. The predicted octanol–water partition coefficient (Wildman–Crippen LogP) is 1.68. The van der Waals surface area contributed by atoms with Crippen molar-refractivity contribution in [2.24, 2.45) is 0 Å². The van der Waals surface area contributed by atoms with Crippen LogP contribution in [0.2, 0.25) is 5.02 Å². The summed E-state index contributed by atoms with van der Waals surface area (Å²) in [6, 6.07) is 6.21. The van der Waals surface area contributed by atoms with Gasteiger partial charge in [0.15, 0.2) is 0 Å². The molecule has 0 radical (unpaired) electrons. The van der Waals surface area contributed by atoms with Gasteiger partial charge in [0, 0.05) is 6.54 Å². The van der Waals surface area contributed by atoms with Gasteiger partial charge in [-0.2, -0.15) is 5.10 Å². The molecule has 0 aliphatic carbocycles. The number of rotatable bonds is 6. The molecule has 2 N–H and O–H groups in total. The van der Waals surface area contributed by atoms with Crippen molar-refractivity contribution in [3.63, 3.8) is 0 Å². The zero-order chi connectivity index (χ0) is 15.2. The maximum atomic E-state index is 12.8. The summed E-state index contributed by atoms with van der Waals surface area (Å²) in [7, 11) is 0. The summed E-state index contributed by atoms with van der Waals surface area (Å²) in [6.07, 6.45) is 2.11. The lowest BCUT2D eigenvalue weighted by Gasteiger charge is -2.09. The highest BCUT2D eigenvalue weighted by Gasteiger charge is 2.08. The summed E-state index contributed by atoms with van der Waals surface area (Å²) in [5.41, 5.74) is 0.970. The Morgan fingerprint density at radius 3 is 2.71 bits per heavy atom. The lowest BCUT2D eigenvalue weighted by Crippen LogP contribution is -2.25. The van der Waals surface area contributed by atoms with Crippen LogP contribution in [-0.4, -0.2) is 28.0 Å². The summed E-state index contributed by atoms with van der Waals surface area (Å²) >= 11 is 5.97. The van der Waals surface area contributed by atoms with E-state index >= 15 is 0 Å². The van der Waals surface area contributed by atoms with Crippen molar-refractivity contribution < 1.29 is 9.50 Å². The molecule has 2 rings (SSSR count). The van der Waals surface area contributed by atoms with E-state index in [1.54, 1.807) is 12.1 Å². The second-order valence-corrected chi connectivity index (χ2v) is 4.81. The Morgan fingerprint density at radius 1 is 1.33 bits per heavy atom. The Bertz CT molecular complexity index is 658. The minimum atomic E-state index is -0.447. The van der Waals surface area contributed by atoms with Crippen LogP contribution in [0.25, 0.3) is 0 Å². The van der Waals surface area contributed by atoms with Gasteiger partial charge < -0.3 is 10.4 Å². The van der Waals surface area contributed by atoms with Crippen LogP contribution in [0, 0.1) is 5.82 Å². The number of aliphatic hydroxyl groups excluding tert-OH is 1. The second-order valence-electron chi connectivity index (χ2n) is 4.43. The van der Waals surface area contributed by atoms with Crippen LogP contribution < -0.4 is 10.9 Å². The van der Waals surface area contributed by atoms with Gasteiger partial charge in [-0.3, -0.25) is 4.79 Å². The van der Waals surface area contributed by atoms with Gasteiger partial charge in [-0.15, -0.1) is 0 Å². The van der Waals surface area contributed by atoms with E-state index in [2.05, 4.69) is 10.4 Å². The number of anilines is 1. The van der Waals surface area contributed by atoms with Crippen LogP contribution in [0.5, 0.6) is 0 Å². The Kier molecular flexibility index (Phi) is 5.30. The molecular weight excluding hydrogens is 297 g/mol. The van der Waals surface area contributed by atoms with Crippen LogP contribution in [0.3, 0.4) is 0 Å². The molecule has 0 bridgehead atoms. The minimum Gasteiger partial charge on any atom is -0.394 e. The number of hydrogen-bond donors (Lipinski definition) is 2. The number of benzene rings is 1. The van der Waals surface area contributed by atoms with Gasteiger partial charge in [0.25, 0.3) is 5.56 Å². The van der Waals surface area contributed by atoms with Crippen molar-refractivity contribution in [2.45, 2.75) is 13.0 Å². The highest BCUT2D eigenvalue weighted by Crippen LogP contribution is 2.15. The molecule has 0 fully saturated rings. The van der Waals surface area contributed by atoms with Gasteiger partial charge in [-0.1, -0.05) is 23.7 Å². The molecule has 2 aromatic rings. The van der Waals surface area contributed by atoms with Gasteiger partial charge >= 0.3 is 0 Å². The monoisotopic (exact) mass is 311 g/mol. The van der Waals surface area contributed by atoms with Crippen molar-refractivity contribution >= 4 is 17.3 Å². The number of nitrogens with zero attached hydrogens (tertiary/aromatic N) is 2. The first kappa shape index (κ1) is 15.5. The number of aliphatic hydroxyl groups is 1. The van der Waals surface area contributed by atoms with Crippen LogP contribution in [0.15, 0.2) is 35.3 Å². The number of aromatic nitrogens is 2. The fraction of sp³-hybridized carbons (Fsp3) is 0.286. The van der Waals surface area contributed by atoms with Crippen molar-refractivity contribution in [2.75, 3.05) is 18.5 Å². The molecule has 0 spiro atoms. The van der Waals surface area contributed by atoms with Crippen molar-refractivity contribution in [3.8, 4) is 0 Å². The SMILES string of the molecule is O=c1c(Cl)c(NCCc2ccc(F)cc2)cnn1CCO. The first-order valence-electron chi connectivity index (χ1n) is 6.46. The van der Waals surface area contributed by atoms with E-state index in [0.717, 1.165) is 10.2 Å². The lowest BCUT2D eigenvalue weighted by molar-refractivity contribution is 0.266. The third-order valence-electron chi connectivity index (χ3n) is 2.94. The van der Waals surface area contributed by atoms with Crippen LogP contribution >= 0.6 is 11.6 Å². The van der Waals surface area contributed by atoms with Gasteiger partial charge in [-0.05, 0) is 24.1 Å². The van der Waals surface area contributed by atoms with Crippen LogP contribution in [0.1, 0.15) is 5.56 Å². The topological polar surface area (TPSA) is 67.2 Å². The fourth-order valence-electron chi connectivity index (χ4n) is 1.83. The molecular formula is C14H15ClFN3O2. The Balaban J connectivity index is 1.99. The minimum absolute atomic E-state index is 0.0394. The van der Waals surface area contributed by atoms with E-state index in [9.17, 15) is 9.18 Å². The maximum absolute atomic E-state index is 12.8.